The third kappa shape index (κ3) is 4.21. The first-order valence-corrected chi connectivity index (χ1v) is 9.58. The molecule has 1 aliphatic carbocycles. The maximum atomic E-state index is 14.0. The van der Waals surface area contributed by atoms with Crippen LogP contribution in [0.5, 0.6) is 0 Å². The van der Waals surface area contributed by atoms with Crippen molar-refractivity contribution in [3.63, 3.8) is 0 Å². The maximum absolute atomic E-state index is 14.0. The van der Waals surface area contributed by atoms with E-state index in [0.717, 1.165) is 18.8 Å². The Morgan fingerprint density at radius 3 is 2.76 bits per heavy atom. The Balaban J connectivity index is 1.62. The first-order chi connectivity index (χ1) is 12.1. The van der Waals surface area contributed by atoms with E-state index in [4.69, 9.17) is 0 Å². The fourth-order valence-electron chi connectivity index (χ4n) is 3.20. The molecule has 1 aromatic carbocycles. The fourth-order valence-corrected chi connectivity index (χ4v) is 4.04. The lowest BCUT2D eigenvalue weighted by Crippen LogP contribution is -2.40. The number of carbonyl (C=O) groups excluding carboxylic acids is 1. The van der Waals surface area contributed by atoms with E-state index in [1.165, 1.54) is 37.0 Å². The molecular formula is C18H23FN4OS. The molecule has 1 aliphatic rings. The summed E-state index contributed by atoms with van der Waals surface area (Å²) in [5.41, 5.74) is 0.386. The van der Waals surface area contributed by atoms with Crippen LogP contribution in [0.4, 0.5) is 4.39 Å². The molecule has 0 radical (unpaired) electrons. The monoisotopic (exact) mass is 362 g/mol. The van der Waals surface area contributed by atoms with Crippen LogP contribution in [0.15, 0.2) is 35.7 Å². The largest absolute Gasteiger partial charge is 0.342 e. The summed E-state index contributed by atoms with van der Waals surface area (Å²) in [6, 6.07) is 6.79. The molecule has 1 aromatic heterocycles. The van der Waals surface area contributed by atoms with Crippen LogP contribution in [0.3, 0.4) is 0 Å². The van der Waals surface area contributed by atoms with E-state index in [1.54, 1.807) is 22.8 Å². The highest BCUT2D eigenvalue weighted by Crippen LogP contribution is 2.27. The number of amides is 1. The Labute approximate surface area is 151 Å². The predicted octanol–water partition coefficient (Wildman–Crippen LogP) is 3.54. The van der Waals surface area contributed by atoms with E-state index < -0.39 is 0 Å². The zero-order valence-electron chi connectivity index (χ0n) is 14.6. The van der Waals surface area contributed by atoms with Gasteiger partial charge in [0.2, 0.25) is 5.91 Å². The third-order valence-electron chi connectivity index (χ3n) is 4.88. The molecule has 1 heterocycles. The van der Waals surface area contributed by atoms with Gasteiger partial charge in [-0.15, -0.1) is 10.2 Å². The summed E-state index contributed by atoms with van der Waals surface area (Å²) >= 11 is 1.29. The van der Waals surface area contributed by atoms with Crippen molar-refractivity contribution in [2.75, 3.05) is 12.8 Å². The molecule has 0 spiro atoms. The van der Waals surface area contributed by atoms with Gasteiger partial charge in [0.1, 0.15) is 12.1 Å². The van der Waals surface area contributed by atoms with E-state index >= 15 is 0 Å². The highest BCUT2D eigenvalue weighted by atomic mass is 32.2. The molecule has 0 saturated heterocycles. The first kappa shape index (κ1) is 17.9. The number of para-hydroxylation sites is 1. The summed E-state index contributed by atoms with van der Waals surface area (Å²) in [6.07, 6.45) is 5.96. The summed E-state index contributed by atoms with van der Waals surface area (Å²) in [7, 11) is 1.88. The highest BCUT2D eigenvalue weighted by molar-refractivity contribution is 7.99. The molecule has 3 rings (SSSR count). The van der Waals surface area contributed by atoms with Crippen molar-refractivity contribution in [1.82, 2.24) is 19.7 Å². The van der Waals surface area contributed by atoms with Gasteiger partial charge in [0.15, 0.2) is 5.16 Å². The van der Waals surface area contributed by atoms with Gasteiger partial charge in [0.25, 0.3) is 0 Å². The van der Waals surface area contributed by atoms with Gasteiger partial charge in [0, 0.05) is 13.1 Å². The SMILES string of the molecule is CC1CCC(N(C)C(=O)CSc2nncn2-c2ccccc2F)CC1. The molecule has 2 aromatic rings. The van der Waals surface area contributed by atoms with Crippen LogP contribution in [0, 0.1) is 11.7 Å². The van der Waals surface area contributed by atoms with Crippen LogP contribution in [-0.2, 0) is 4.79 Å². The van der Waals surface area contributed by atoms with Gasteiger partial charge in [0.05, 0.1) is 11.4 Å². The molecule has 0 bridgehead atoms. The third-order valence-corrected chi connectivity index (χ3v) is 5.81. The van der Waals surface area contributed by atoms with E-state index in [1.807, 2.05) is 11.9 Å². The lowest BCUT2D eigenvalue weighted by molar-refractivity contribution is -0.129. The van der Waals surface area contributed by atoms with Crippen molar-refractivity contribution in [2.24, 2.45) is 5.92 Å². The molecular weight excluding hydrogens is 339 g/mol. The molecule has 5 nitrogen and oxygen atoms in total. The van der Waals surface area contributed by atoms with Crippen molar-refractivity contribution in [2.45, 2.75) is 43.8 Å². The highest BCUT2D eigenvalue weighted by Gasteiger charge is 2.25. The number of benzene rings is 1. The standard InChI is InChI=1S/C18H23FN4OS/c1-13-7-9-14(10-8-13)22(2)17(24)11-25-18-21-20-12-23(18)16-6-4-3-5-15(16)19/h3-6,12-14H,7-11H2,1-2H3. The van der Waals surface area contributed by atoms with Crippen LogP contribution in [0.25, 0.3) is 5.69 Å². The maximum Gasteiger partial charge on any atom is 0.233 e. The van der Waals surface area contributed by atoms with E-state index in [0.29, 0.717) is 16.9 Å². The molecule has 0 N–H and O–H groups in total. The molecule has 1 amide bonds. The quantitative estimate of drug-likeness (QED) is 0.764. The lowest BCUT2D eigenvalue weighted by Gasteiger charge is -2.33. The van der Waals surface area contributed by atoms with Gasteiger partial charge in [-0.2, -0.15) is 0 Å². The van der Waals surface area contributed by atoms with Gasteiger partial charge in [-0.3, -0.25) is 9.36 Å². The van der Waals surface area contributed by atoms with Crippen molar-refractivity contribution < 1.29 is 9.18 Å². The number of rotatable bonds is 5. The number of nitrogens with zero attached hydrogens (tertiary/aromatic N) is 4. The second-order valence-electron chi connectivity index (χ2n) is 6.64. The smallest absolute Gasteiger partial charge is 0.233 e. The topological polar surface area (TPSA) is 51.0 Å². The summed E-state index contributed by atoms with van der Waals surface area (Å²) in [6.45, 7) is 2.27. The summed E-state index contributed by atoms with van der Waals surface area (Å²) in [5.74, 6) is 0.764. The molecule has 0 aliphatic heterocycles. The number of thioether (sulfide) groups is 1. The molecule has 134 valence electrons. The van der Waals surface area contributed by atoms with Crippen molar-refractivity contribution in [3.05, 3.63) is 36.4 Å². The second-order valence-corrected chi connectivity index (χ2v) is 7.58. The Morgan fingerprint density at radius 1 is 1.32 bits per heavy atom. The molecule has 1 saturated carbocycles. The van der Waals surface area contributed by atoms with Crippen molar-refractivity contribution in [3.8, 4) is 5.69 Å². The summed E-state index contributed by atoms with van der Waals surface area (Å²) in [4.78, 5) is 14.4. The average molecular weight is 362 g/mol. The van der Waals surface area contributed by atoms with Crippen LogP contribution in [0.1, 0.15) is 32.6 Å². The van der Waals surface area contributed by atoms with E-state index in [2.05, 4.69) is 17.1 Å². The number of hydrogen-bond acceptors (Lipinski definition) is 4. The number of hydrogen-bond donors (Lipinski definition) is 0. The molecule has 25 heavy (non-hydrogen) atoms. The van der Waals surface area contributed by atoms with Gasteiger partial charge in [-0.1, -0.05) is 30.8 Å². The summed E-state index contributed by atoms with van der Waals surface area (Å²) < 4.78 is 15.6. The van der Waals surface area contributed by atoms with Crippen LogP contribution in [0.2, 0.25) is 0 Å². The first-order valence-electron chi connectivity index (χ1n) is 8.59. The van der Waals surface area contributed by atoms with Gasteiger partial charge in [-0.05, 0) is 43.7 Å². The summed E-state index contributed by atoms with van der Waals surface area (Å²) in [5, 5.41) is 8.40. The minimum atomic E-state index is -0.344. The van der Waals surface area contributed by atoms with E-state index in [9.17, 15) is 9.18 Å². The van der Waals surface area contributed by atoms with Gasteiger partial charge < -0.3 is 4.90 Å². The van der Waals surface area contributed by atoms with Crippen LogP contribution >= 0.6 is 11.8 Å². The minimum Gasteiger partial charge on any atom is -0.342 e. The second kappa shape index (κ2) is 7.99. The molecule has 0 atom stereocenters. The molecule has 1 fully saturated rings. The Kier molecular flexibility index (Phi) is 5.73. The number of halogens is 1. The van der Waals surface area contributed by atoms with E-state index in [-0.39, 0.29) is 17.5 Å². The Bertz CT molecular complexity index is 727. The zero-order chi connectivity index (χ0) is 17.8. The Morgan fingerprint density at radius 2 is 2.04 bits per heavy atom. The van der Waals surface area contributed by atoms with Crippen molar-refractivity contribution in [1.29, 1.82) is 0 Å². The van der Waals surface area contributed by atoms with Crippen molar-refractivity contribution >= 4 is 17.7 Å². The fraction of sp³-hybridized carbons (Fsp3) is 0.500. The molecule has 7 heteroatoms. The normalized spacial score (nSPS) is 20.4. The minimum absolute atomic E-state index is 0.0765. The molecule has 0 unspecified atom stereocenters. The Hall–Kier alpha value is -1.89. The van der Waals surface area contributed by atoms with Crippen LogP contribution < -0.4 is 0 Å². The zero-order valence-corrected chi connectivity index (χ0v) is 15.4. The number of aromatic nitrogens is 3. The lowest BCUT2D eigenvalue weighted by atomic mass is 9.87. The van der Waals surface area contributed by atoms with Crippen LogP contribution in [-0.4, -0.2) is 44.4 Å². The van der Waals surface area contributed by atoms with Gasteiger partial charge >= 0.3 is 0 Å². The predicted molar refractivity (Wildman–Crippen MR) is 96.2 cm³/mol. The van der Waals surface area contributed by atoms with Gasteiger partial charge in [-0.25, -0.2) is 4.39 Å². The number of carbonyl (C=O) groups is 1. The average Bonchev–Trinajstić information content (AvgIpc) is 3.08.